The van der Waals surface area contributed by atoms with Gasteiger partial charge in [-0.05, 0) is 84.9 Å². The smallest absolute Gasteiger partial charge is 0.166 e. The van der Waals surface area contributed by atoms with Gasteiger partial charge in [-0.15, -0.1) is 11.3 Å². The third kappa shape index (κ3) is 13.1. The van der Waals surface area contributed by atoms with Gasteiger partial charge < -0.3 is 13.6 Å². The van der Waals surface area contributed by atoms with Crippen LogP contribution in [0.25, 0.3) is 234 Å². The van der Waals surface area contributed by atoms with E-state index in [2.05, 4.69) is 155 Å². The molecule has 0 aliphatic rings. The van der Waals surface area contributed by atoms with Gasteiger partial charge in [0.15, 0.2) is 69.9 Å². The van der Waals surface area contributed by atoms with Crippen LogP contribution in [0.3, 0.4) is 0 Å². The number of rotatable bonds is 14. The molecule has 0 radical (unpaired) electrons. The maximum atomic E-state index is 6.42. The summed E-state index contributed by atoms with van der Waals surface area (Å²) in [5.74, 6) is 6.75. The first-order valence-electron chi connectivity index (χ1n) is 40.9. The Morgan fingerprint density at radius 2 is 0.460 bits per heavy atom. The van der Waals surface area contributed by atoms with Crippen molar-refractivity contribution < 1.29 is 4.42 Å². The van der Waals surface area contributed by atoms with E-state index in [1.807, 2.05) is 266 Å². The molecule has 15 nitrogen and oxygen atoms in total. The second-order valence-corrected chi connectivity index (χ2v) is 31.3. The topological polar surface area (TPSA) is 178 Å². The van der Waals surface area contributed by atoms with E-state index in [1.165, 1.54) is 30.9 Å². The van der Waals surface area contributed by atoms with Gasteiger partial charge in [-0.25, -0.2) is 59.8 Å². The fraction of sp³-hybridized carbons (Fsp3) is 0. The fourth-order valence-electron chi connectivity index (χ4n) is 16.9. The van der Waals surface area contributed by atoms with Crippen LogP contribution in [0.2, 0.25) is 0 Å². The van der Waals surface area contributed by atoms with Crippen LogP contribution >= 0.6 is 11.3 Å². The van der Waals surface area contributed by atoms with Crippen LogP contribution in [0, 0.1) is 0 Å². The Morgan fingerprint density at radius 1 is 0.177 bits per heavy atom. The summed E-state index contributed by atoms with van der Waals surface area (Å²) in [5.41, 5.74) is 18.1. The van der Waals surface area contributed by atoms with E-state index in [1.54, 1.807) is 0 Å². The second-order valence-electron chi connectivity index (χ2n) is 30.2. The molecular formula is C108H66N14OS. The Morgan fingerprint density at radius 3 is 0.823 bits per heavy atom. The van der Waals surface area contributed by atoms with Crippen LogP contribution in [-0.4, -0.2) is 68.9 Å². The molecule has 580 valence electrons. The molecule has 0 saturated heterocycles. The highest BCUT2D eigenvalue weighted by atomic mass is 32.1. The highest BCUT2D eigenvalue weighted by Gasteiger charge is 2.28. The van der Waals surface area contributed by atoms with E-state index in [-0.39, 0.29) is 0 Å². The quantitative estimate of drug-likeness (QED) is 0.101. The molecule has 16 heteroatoms. The summed E-state index contributed by atoms with van der Waals surface area (Å²) >= 11 is 1.83. The molecule has 0 saturated carbocycles. The average Bonchev–Trinajstić information content (AvgIpc) is 1.55. The van der Waals surface area contributed by atoms with Gasteiger partial charge in [0, 0.05) is 119 Å². The summed E-state index contributed by atoms with van der Waals surface area (Å²) in [6.07, 6.45) is 0. The number of furan rings is 1. The Kier molecular flexibility index (Phi) is 18.0. The van der Waals surface area contributed by atoms with Gasteiger partial charge in [0.2, 0.25) is 0 Å². The van der Waals surface area contributed by atoms with Crippen molar-refractivity contribution in [2.45, 2.75) is 0 Å². The van der Waals surface area contributed by atoms with Crippen molar-refractivity contribution in [1.29, 1.82) is 0 Å². The van der Waals surface area contributed by atoms with Crippen molar-refractivity contribution in [3.63, 3.8) is 0 Å². The highest BCUT2D eigenvalue weighted by Crippen LogP contribution is 2.48. The minimum absolute atomic E-state index is 0.510. The summed E-state index contributed by atoms with van der Waals surface area (Å²) in [7, 11) is 0. The predicted molar refractivity (Wildman–Crippen MR) is 501 cm³/mol. The van der Waals surface area contributed by atoms with E-state index in [0.29, 0.717) is 69.9 Å². The number of fused-ring (bicyclic) bond motifs is 14. The van der Waals surface area contributed by atoms with Crippen molar-refractivity contribution in [3.05, 3.63) is 400 Å². The van der Waals surface area contributed by atoms with E-state index in [4.69, 9.17) is 64.2 Å². The molecule has 8 heterocycles. The van der Waals surface area contributed by atoms with E-state index in [9.17, 15) is 0 Å². The molecule has 0 spiro atoms. The molecule has 8 aromatic heterocycles. The normalized spacial score (nSPS) is 11.5. The summed E-state index contributed by atoms with van der Waals surface area (Å²) in [4.78, 5) is 61.7. The van der Waals surface area contributed by atoms with Gasteiger partial charge in [0.05, 0.1) is 33.4 Å². The SMILES string of the molecule is c1ccc(-c2nc(-c3ccccc3)nc(-c3ccc(-n4c5ccccc5c5c6c(ccc54)oc4ccccc46)c(-c4nc(-c5ccccc5)nc(-c5ccccc5)n4)c3)n2)cc1.c1ccc(-c2nc(-c3ccccc3)nc(-c3ccc(-n4c5ccccc5c5c6c(ccc54)sc4ccccc46)c(-c4nc(-c5ccccc5)nc(-c5ccccc5)n4)c3)n2)cc1. The number of thiophene rings is 1. The first kappa shape index (κ1) is 72.4. The minimum Gasteiger partial charge on any atom is -0.456 e. The highest BCUT2D eigenvalue weighted by molar-refractivity contribution is 7.26. The molecule has 0 bridgehead atoms. The van der Waals surface area contributed by atoms with Crippen LogP contribution in [0.1, 0.15) is 0 Å². The Bertz CT molecular complexity index is 7500. The number of hydrogen-bond donors (Lipinski definition) is 0. The standard InChI is InChI=1S/C54H33N7O.C54H33N7S/c2*1-5-17-34(18-6-1)49-55-50(35-19-7-2-8-20-35)58-53(57-49)38-29-30-43(41(33-38)54-59-51(36-21-9-3-10-22-36)56-52(60-54)37-23-11-4-12-24-37)61-42-27-15-13-25-39(42)47-44(61)31-32-46-48(47)40-26-14-16-28-45(40)62-46/h2*1-33H. The average molecular weight is 1610 g/mol. The van der Waals surface area contributed by atoms with Crippen LogP contribution in [0.4, 0.5) is 0 Å². The Labute approximate surface area is 714 Å². The molecule has 24 rings (SSSR count). The molecule has 0 amide bonds. The monoisotopic (exact) mass is 1610 g/mol. The fourth-order valence-corrected chi connectivity index (χ4v) is 18.0. The minimum atomic E-state index is 0.510. The summed E-state index contributed by atoms with van der Waals surface area (Å²) in [6.45, 7) is 0. The van der Waals surface area contributed by atoms with Crippen molar-refractivity contribution in [1.82, 2.24) is 68.9 Å². The van der Waals surface area contributed by atoms with Crippen LogP contribution in [-0.2, 0) is 0 Å². The maximum absolute atomic E-state index is 6.42. The molecular weight excluding hydrogens is 1540 g/mol. The Balaban J connectivity index is 0.000000143. The maximum Gasteiger partial charge on any atom is 0.166 e. The zero-order chi connectivity index (χ0) is 82.0. The van der Waals surface area contributed by atoms with Crippen LogP contribution in [0.5, 0.6) is 0 Å². The zero-order valence-electron chi connectivity index (χ0n) is 66.2. The first-order chi connectivity index (χ1) is 61.5. The first-order valence-corrected chi connectivity index (χ1v) is 41.7. The van der Waals surface area contributed by atoms with Crippen molar-refractivity contribution >= 4 is 97.1 Å². The lowest BCUT2D eigenvalue weighted by Crippen LogP contribution is -2.05. The molecule has 0 unspecified atom stereocenters. The number of nitrogens with zero attached hydrogens (tertiary/aromatic N) is 14. The lowest BCUT2D eigenvalue weighted by atomic mass is 10.0. The van der Waals surface area contributed by atoms with E-state index in [0.717, 1.165) is 133 Å². The van der Waals surface area contributed by atoms with Gasteiger partial charge in [-0.1, -0.05) is 315 Å². The number of hydrogen-bond acceptors (Lipinski definition) is 14. The molecule has 0 fully saturated rings. The number of benzene rings is 16. The molecule has 16 aromatic carbocycles. The van der Waals surface area contributed by atoms with E-state index >= 15 is 0 Å². The largest absolute Gasteiger partial charge is 0.456 e. The zero-order valence-corrected chi connectivity index (χ0v) is 67.0. The van der Waals surface area contributed by atoms with Gasteiger partial charge in [0.25, 0.3) is 0 Å². The van der Waals surface area contributed by atoms with E-state index < -0.39 is 0 Å². The lowest BCUT2D eigenvalue weighted by molar-refractivity contribution is 0.669. The molecule has 0 aliphatic carbocycles. The van der Waals surface area contributed by atoms with Crippen molar-refractivity contribution in [2.24, 2.45) is 0 Å². The molecule has 24 aromatic rings. The lowest BCUT2D eigenvalue weighted by Gasteiger charge is -2.16. The molecule has 0 atom stereocenters. The van der Waals surface area contributed by atoms with Gasteiger partial charge in [-0.3, -0.25) is 0 Å². The third-order valence-electron chi connectivity index (χ3n) is 22.6. The molecule has 0 N–H and O–H groups in total. The number of para-hydroxylation sites is 3. The summed E-state index contributed by atoms with van der Waals surface area (Å²) in [6, 6.07) is 136. The molecule has 124 heavy (non-hydrogen) atoms. The summed E-state index contributed by atoms with van der Waals surface area (Å²) < 4.78 is 13.6. The predicted octanol–water partition coefficient (Wildman–Crippen LogP) is 26.6. The molecule has 0 aliphatic heterocycles. The number of aromatic nitrogens is 14. The van der Waals surface area contributed by atoms with Crippen molar-refractivity contribution in [3.8, 4) is 148 Å². The summed E-state index contributed by atoms with van der Waals surface area (Å²) in [5, 5.41) is 9.29. The second kappa shape index (κ2) is 30.8. The Hall–Kier alpha value is -16.8. The van der Waals surface area contributed by atoms with Crippen molar-refractivity contribution in [2.75, 3.05) is 0 Å². The van der Waals surface area contributed by atoms with Gasteiger partial charge in [0.1, 0.15) is 11.2 Å². The van der Waals surface area contributed by atoms with Gasteiger partial charge >= 0.3 is 0 Å². The van der Waals surface area contributed by atoms with Crippen LogP contribution in [0.15, 0.2) is 405 Å². The van der Waals surface area contributed by atoms with Crippen LogP contribution < -0.4 is 0 Å². The van der Waals surface area contributed by atoms with Gasteiger partial charge in [-0.2, -0.15) is 0 Å². The third-order valence-corrected chi connectivity index (χ3v) is 23.8.